The molecule has 7 nitrogen and oxygen atoms in total. The number of hydrogen-bond donors (Lipinski definition) is 2. The molecule has 27 heavy (non-hydrogen) atoms. The van der Waals surface area contributed by atoms with Crippen molar-refractivity contribution in [2.45, 2.75) is 50.5 Å². The first-order valence-electron chi connectivity index (χ1n) is 9.72. The number of hydrogen-bond acceptors (Lipinski definition) is 5. The maximum absolute atomic E-state index is 12.1. The summed E-state index contributed by atoms with van der Waals surface area (Å²) >= 11 is 0. The lowest BCUT2D eigenvalue weighted by molar-refractivity contribution is -0.122. The number of nitrogens with zero attached hydrogens (tertiary/aromatic N) is 3. The largest absolute Gasteiger partial charge is 0.353 e. The van der Waals surface area contributed by atoms with Crippen LogP contribution in [0.25, 0.3) is 0 Å². The average Bonchev–Trinajstić information content (AvgIpc) is 3.18. The summed E-state index contributed by atoms with van der Waals surface area (Å²) < 4.78 is 0. The Bertz CT molecular complexity index is 839. The van der Waals surface area contributed by atoms with Crippen LogP contribution >= 0.6 is 0 Å². The van der Waals surface area contributed by atoms with Crippen molar-refractivity contribution < 1.29 is 4.79 Å². The predicted octanol–water partition coefficient (Wildman–Crippen LogP) is 1.76. The Labute approximate surface area is 158 Å². The molecule has 3 heterocycles. The molecule has 0 bridgehead atoms. The van der Waals surface area contributed by atoms with Crippen molar-refractivity contribution >= 4 is 11.9 Å². The molecule has 0 radical (unpaired) electrons. The first-order chi connectivity index (χ1) is 13.2. The topological polar surface area (TPSA) is 91.0 Å². The molecule has 0 aromatic carbocycles. The van der Waals surface area contributed by atoms with E-state index in [1.165, 1.54) is 0 Å². The summed E-state index contributed by atoms with van der Waals surface area (Å²) in [5, 5.41) is 3.09. The highest BCUT2D eigenvalue weighted by molar-refractivity contribution is 5.76. The summed E-state index contributed by atoms with van der Waals surface area (Å²) in [6, 6.07) is 5.64. The smallest absolute Gasteiger partial charge is 0.252 e. The van der Waals surface area contributed by atoms with Gasteiger partial charge in [-0.2, -0.15) is 0 Å². The summed E-state index contributed by atoms with van der Waals surface area (Å²) in [7, 11) is 0. The van der Waals surface area contributed by atoms with E-state index in [0.29, 0.717) is 18.8 Å². The van der Waals surface area contributed by atoms with E-state index in [0.717, 1.165) is 50.0 Å². The maximum atomic E-state index is 12.1. The second kappa shape index (κ2) is 7.90. The van der Waals surface area contributed by atoms with Gasteiger partial charge in [0.15, 0.2) is 0 Å². The van der Waals surface area contributed by atoms with Crippen LogP contribution in [0, 0.1) is 0 Å². The van der Waals surface area contributed by atoms with E-state index in [1.807, 2.05) is 12.1 Å². The number of H-pyrrole nitrogens is 1. The number of carbonyl (C=O) groups excluding carboxylic acids is 1. The van der Waals surface area contributed by atoms with Gasteiger partial charge in [-0.25, -0.2) is 4.98 Å². The van der Waals surface area contributed by atoms with Crippen LogP contribution in [0.3, 0.4) is 0 Å². The molecule has 2 aromatic rings. The van der Waals surface area contributed by atoms with Crippen molar-refractivity contribution in [3.63, 3.8) is 0 Å². The molecule has 1 aliphatic heterocycles. The molecule has 1 amide bonds. The predicted molar refractivity (Wildman–Crippen MR) is 103 cm³/mol. The van der Waals surface area contributed by atoms with Crippen molar-refractivity contribution in [2.24, 2.45) is 0 Å². The molecular weight excluding hydrogens is 342 g/mol. The minimum atomic E-state index is -0.0918. The summed E-state index contributed by atoms with van der Waals surface area (Å²) in [5.74, 6) is 1.01. The fourth-order valence-corrected chi connectivity index (χ4v) is 3.83. The lowest BCUT2D eigenvalue weighted by Crippen LogP contribution is -2.44. The molecule has 2 N–H and O–H groups in total. The first kappa shape index (κ1) is 17.7. The van der Waals surface area contributed by atoms with Crippen LogP contribution in [0.15, 0.2) is 35.4 Å². The van der Waals surface area contributed by atoms with Crippen molar-refractivity contribution in [1.82, 2.24) is 20.3 Å². The number of nitrogens with one attached hydrogen (secondary N) is 2. The molecule has 0 spiro atoms. The van der Waals surface area contributed by atoms with Crippen LogP contribution < -0.4 is 15.8 Å². The van der Waals surface area contributed by atoms with Gasteiger partial charge in [-0.1, -0.05) is 6.07 Å². The van der Waals surface area contributed by atoms with Gasteiger partial charge in [-0.3, -0.25) is 19.6 Å². The minimum Gasteiger partial charge on any atom is -0.353 e. The van der Waals surface area contributed by atoms with Gasteiger partial charge in [0.05, 0.1) is 5.69 Å². The number of aromatic nitrogens is 3. The molecule has 2 fully saturated rings. The number of anilines is 1. The summed E-state index contributed by atoms with van der Waals surface area (Å²) in [6.07, 6.45) is 8.66. The van der Waals surface area contributed by atoms with E-state index < -0.39 is 0 Å². The third kappa shape index (κ3) is 4.35. The summed E-state index contributed by atoms with van der Waals surface area (Å²) in [4.78, 5) is 37.9. The van der Waals surface area contributed by atoms with Crippen LogP contribution in [0.4, 0.5) is 5.95 Å². The first-order valence-corrected chi connectivity index (χ1v) is 9.72. The Morgan fingerprint density at radius 3 is 2.85 bits per heavy atom. The van der Waals surface area contributed by atoms with Gasteiger partial charge < -0.3 is 10.2 Å². The molecule has 1 saturated heterocycles. The molecule has 2 aromatic heterocycles. The van der Waals surface area contributed by atoms with E-state index >= 15 is 0 Å². The van der Waals surface area contributed by atoms with E-state index in [2.05, 4.69) is 25.2 Å². The Kier molecular flexibility index (Phi) is 5.18. The number of aromatic amines is 1. The fraction of sp³-hybridized carbons (Fsp3) is 0.500. The van der Waals surface area contributed by atoms with Crippen molar-refractivity contribution in [2.75, 3.05) is 18.0 Å². The molecule has 4 rings (SSSR count). The molecule has 0 unspecified atom stereocenters. The van der Waals surface area contributed by atoms with E-state index in [-0.39, 0.29) is 23.4 Å². The summed E-state index contributed by atoms with van der Waals surface area (Å²) in [6.45, 7) is 1.90. The SMILES string of the molecule is O=C(CCc1cccnc1)NC1CC(c2cc(=O)[nH]c(N3CCCC3)n2)C1. The fourth-order valence-electron chi connectivity index (χ4n) is 3.83. The van der Waals surface area contributed by atoms with Crippen molar-refractivity contribution in [1.29, 1.82) is 0 Å². The second-order valence-electron chi connectivity index (χ2n) is 7.48. The number of amides is 1. The van der Waals surface area contributed by atoms with Gasteiger partial charge in [0.1, 0.15) is 0 Å². The van der Waals surface area contributed by atoms with Crippen LogP contribution in [0.5, 0.6) is 0 Å². The highest BCUT2D eigenvalue weighted by Gasteiger charge is 2.33. The third-order valence-corrected chi connectivity index (χ3v) is 5.44. The molecule has 7 heteroatoms. The zero-order chi connectivity index (χ0) is 18.6. The molecule has 2 aliphatic rings. The lowest BCUT2D eigenvalue weighted by Gasteiger charge is -2.35. The molecule has 0 atom stereocenters. The van der Waals surface area contributed by atoms with Crippen LogP contribution in [-0.4, -0.2) is 40.0 Å². The zero-order valence-corrected chi connectivity index (χ0v) is 15.4. The number of aryl methyl sites for hydroxylation is 1. The molecule has 1 aliphatic carbocycles. The molecule has 1 saturated carbocycles. The Morgan fingerprint density at radius 2 is 2.11 bits per heavy atom. The second-order valence-corrected chi connectivity index (χ2v) is 7.48. The van der Waals surface area contributed by atoms with Gasteiger partial charge in [-0.05, 0) is 43.7 Å². The standard InChI is InChI=1S/C20H25N5O2/c26-18(6-5-14-4-3-7-21-13-14)22-16-10-15(11-16)17-12-19(27)24-20(23-17)25-8-1-2-9-25/h3-4,7,12-13,15-16H,1-2,5-6,8-11H2,(H,22,26)(H,23,24,27). The van der Waals surface area contributed by atoms with Crippen molar-refractivity contribution in [3.8, 4) is 0 Å². The number of carbonyl (C=O) groups is 1. The zero-order valence-electron chi connectivity index (χ0n) is 15.4. The van der Waals surface area contributed by atoms with Crippen LogP contribution in [0.1, 0.15) is 49.3 Å². The normalized spacial score (nSPS) is 21.7. The quantitative estimate of drug-likeness (QED) is 0.812. The highest BCUT2D eigenvalue weighted by Crippen LogP contribution is 2.36. The summed E-state index contributed by atoms with van der Waals surface area (Å²) in [5.41, 5.74) is 1.83. The van der Waals surface area contributed by atoms with Gasteiger partial charge in [0, 0.05) is 49.9 Å². The van der Waals surface area contributed by atoms with Gasteiger partial charge in [0.25, 0.3) is 5.56 Å². The Balaban J connectivity index is 1.28. The van der Waals surface area contributed by atoms with Gasteiger partial charge in [0.2, 0.25) is 11.9 Å². The minimum absolute atomic E-state index is 0.0685. The average molecular weight is 367 g/mol. The maximum Gasteiger partial charge on any atom is 0.252 e. The third-order valence-electron chi connectivity index (χ3n) is 5.44. The number of pyridine rings is 1. The van der Waals surface area contributed by atoms with E-state index in [1.54, 1.807) is 18.5 Å². The van der Waals surface area contributed by atoms with Gasteiger partial charge >= 0.3 is 0 Å². The van der Waals surface area contributed by atoms with Gasteiger partial charge in [-0.15, -0.1) is 0 Å². The Hall–Kier alpha value is -2.70. The van der Waals surface area contributed by atoms with E-state index in [9.17, 15) is 9.59 Å². The monoisotopic (exact) mass is 367 g/mol. The molecule has 142 valence electrons. The Morgan fingerprint density at radius 1 is 1.30 bits per heavy atom. The van der Waals surface area contributed by atoms with E-state index in [4.69, 9.17) is 0 Å². The highest BCUT2D eigenvalue weighted by atomic mass is 16.1. The lowest BCUT2D eigenvalue weighted by atomic mass is 9.78. The van der Waals surface area contributed by atoms with Crippen LogP contribution in [-0.2, 0) is 11.2 Å². The van der Waals surface area contributed by atoms with Crippen LogP contribution in [0.2, 0.25) is 0 Å². The molecular formula is C20H25N5O2. The van der Waals surface area contributed by atoms with Crippen molar-refractivity contribution in [3.05, 3.63) is 52.2 Å². The number of rotatable bonds is 6.